The van der Waals surface area contributed by atoms with Crippen LogP contribution in [0.15, 0.2) is 77.3 Å². The van der Waals surface area contributed by atoms with Gasteiger partial charge in [-0.05, 0) is 67.4 Å². The molecule has 1 amide bonds. The van der Waals surface area contributed by atoms with Gasteiger partial charge in [-0.2, -0.15) is 0 Å². The molecule has 5 aromatic rings. The second kappa shape index (κ2) is 10.2. The number of thiazole rings is 1. The molecular formula is C29H24BrN3O2S. The van der Waals surface area contributed by atoms with Crippen LogP contribution in [0.5, 0.6) is 5.75 Å². The first kappa shape index (κ1) is 24.2. The molecule has 7 heteroatoms. The normalized spacial score (nSPS) is 11.0. The van der Waals surface area contributed by atoms with E-state index in [2.05, 4.69) is 52.4 Å². The molecule has 0 radical (unpaired) electrons. The zero-order chi connectivity index (χ0) is 25.2. The van der Waals surface area contributed by atoms with Crippen LogP contribution in [0.1, 0.15) is 27.7 Å². The molecule has 0 fully saturated rings. The summed E-state index contributed by atoms with van der Waals surface area (Å²) < 4.78 is 6.16. The smallest absolute Gasteiger partial charge is 0.258 e. The minimum absolute atomic E-state index is 0.225. The first-order chi connectivity index (χ1) is 17.4. The molecule has 0 atom stereocenters. The number of hydrogen-bond donors (Lipinski definition) is 1. The molecule has 0 aliphatic rings. The van der Waals surface area contributed by atoms with Crippen LogP contribution in [0, 0.1) is 6.92 Å². The second-order valence-corrected chi connectivity index (χ2v) is 10.5. The highest BCUT2D eigenvalue weighted by atomic mass is 79.9. The molecule has 0 spiro atoms. The number of hydrogen-bond acceptors (Lipinski definition) is 5. The van der Waals surface area contributed by atoms with Crippen molar-refractivity contribution in [2.24, 2.45) is 0 Å². The van der Waals surface area contributed by atoms with Gasteiger partial charge in [-0.3, -0.25) is 10.1 Å². The zero-order valence-corrected chi connectivity index (χ0v) is 22.5. The molecule has 0 saturated heterocycles. The molecule has 2 aromatic heterocycles. The summed E-state index contributed by atoms with van der Waals surface area (Å²) in [6, 6.07) is 23.6. The number of aromatic nitrogens is 2. The second-order valence-electron chi connectivity index (χ2n) is 8.37. The van der Waals surface area contributed by atoms with E-state index < -0.39 is 0 Å². The summed E-state index contributed by atoms with van der Waals surface area (Å²) in [5.74, 6) is 0.539. The number of carbonyl (C=O) groups is 1. The van der Waals surface area contributed by atoms with Crippen LogP contribution >= 0.6 is 27.3 Å². The third-order valence-electron chi connectivity index (χ3n) is 6.05. The average Bonchev–Trinajstić information content (AvgIpc) is 3.27. The van der Waals surface area contributed by atoms with E-state index in [9.17, 15) is 4.79 Å². The minimum atomic E-state index is -0.225. The number of rotatable bonds is 6. The highest BCUT2D eigenvalue weighted by Gasteiger charge is 2.18. The topological polar surface area (TPSA) is 64.1 Å². The van der Waals surface area contributed by atoms with Crippen molar-refractivity contribution in [3.05, 3.63) is 93.3 Å². The van der Waals surface area contributed by atoms with Gasteiger partial charge in [-0.25, -0.2) is 9.97 Å². The number of ether oxygens (including phenoxy) is 1. The fourth-order valence-electron chi connectivity index (χ4n) is 4.08. The fourth-order valence-corrected chi connectivity index (χ4v) is 5.27. The molecule has 180 valence electrons. The first-order valence-electron chi connectivity index (χ1n) is 11.6. The van der Waals surface area contributed by atoms with Gasteiger partial charge in [0.05, 0.1) is 29.6 Å². The monoisotopic (exact) mass is 557 g/mol. The molecule has 0 aliphatic carbocycles. The number of methoxy groups -OCH3 is 1. The number of halogens is 1. The lowest BCUT2D eigenvalue weighted by Gasteiger charge is -2.10. The maximum atomic E-state index is 13.6. The Hall–Kier alpha value is -3.55. The van der Waals surface area contributed by atoms with Crippen molar-refractivity contribution in [2.75, 3.05) is 12.4 Å². The molecule has 3 aromatic carbocycles. The molecule has 2 heterocycles. The Morgan fingerprint density at radius 1 is 0.972 bits per heavy atom. The van der Waals surface area contributed by atoms with Gasteiger partial charge < -0.3 is 4.74 Å². The van der Waals surface area contributed by atoms with Crippen LogP contribution in [0.4, 0.5) is 5.13 Å². The first-order valence-corrected chi connectivity index (χ1v) is 13.2. The van der Waals surface area contributed by atoms with Crippen LogP contribution in [0.3, 0.4) is 0 Å². The third-order valence-corrected chi connectivity index (χ3v) is 7.43. The molecule has 1 N–H and O–H groups in total. The highest BCUT2D eigenvalue weighted by Crippen LogP contribution is 2.32. The number of fused-ring (bicyclic) bond motifs is 1. The van der Waals surface area contributed by atoms with Crippen LogP contribution in [-0.4, -0.2) is 23.0 Å². The van der Waals surface area contributed by atoms with E-state index in [1.54, 1.807) is 7.11 Å². The molecule has 5 nitrogen and oxygen atoms in total. The van der Waals surface area contributed by atoms with E-state index in [-0.39, 0.29) is 5.91 Å². The number of anilines is 1. The lowest BCUT2D eigenvalue weighted by atomic mass is 10.0. The van der Waals surface area contributed by atoms with Crippen molar-refractivity contribution in [3.8, 4) is 28.3 Å². The van der Waals surface area contributed by atoms with Crippen LogP contribution < -0.4 is 10.1 Å². The number of pyridine rings is 1. The standard InChI is InChI=1S/C29H24BrN3O2S/c1-4-18-5-7-20(8-6-18)27-17(2)36-29(32-27)33-28(34)24-16-26(19-9-12-22(35-3)13-10-19)31-25-14-11-21(30)15-23(24)25/h5-16H,4H2,1-3H3,(H,32,33,34). The molecule has 0 saturated carbocycles. The zero-order valence-electron chi connectivity index (χ0n) is 20.1. The van der Waals surface area contributed by atoms with E-state index in [1.165, 1.54) is 16.9 Å². The van der Waals surface area contributed by atoms with Crippen molar-refractivity contribution in [1.29, 1.82) is 0 Å². The third kappa shape index (κ3) is 4.90. The summed E-state index contributed by atoms with van der Waals surface area (Å²) in [6.45, 7) is 4.16. The van der Waals surface area contributed by atoms with E-state index in [0.717, 1.165) is 49.2 Å². The molecule has 0 aliphatic heterocycles. The summed E-state index contributed by atoms with van der Waals surface area (Å²) in [6.07, 6.45) is 0.992. The number of nitrogens with zero attached hydrogens (tertiary/aromatic N) is 2. The summed E-state index contributed by atoms with van der Waals surface area (Å²) in [5.41, 5.74) is 6.10. The number of benzene rings is 3. The highest BCUT2D eigenvalue weighted by molar-refractivity contribution is 9.10. The van der Waals surface area contributed by atoms with Gasteiger partial charge in [0, 0.05) is 25.9 Å². The van der Waals surface area contributed by atoms with Crippen molar-refractivity contribution < 1.29 is 9.53 Å². The molecule has 0 unspecified atom stereocenters. The lowest BCUT2D eigenvalue weighted by Crippen LogP contribution is -2.13. The maximum absolute atomic E-state index is 13.6. The fraction of sp³-hybridized carbons (Fsp3) is 0.138. The SMILES string of the molecule is CCc1ccc(-c2nc(NC(=O)c3cc(-c4ccc(OC)cc4)nc4ccc(Br)cc34)sc2C)cc1. The quantitative estimate of drug-likeness (QED) is 0.230. The number of amides is 1. The van der Waals surface area contributed by atoms with E-state index in [0.29, 0.717) is 16.4 Å². The van der Waals surface area contributed by atoms with E-state index in [4.69, 9.17) is 14.7 Å². The van der Waals surface area contributed by atoms with E-state index >= 15 is 0 Å². The molecular weight excluding hydrogens is 534 g/mol. The van der Waals surface area contributed by atoms with Crippen molar-refractivity contribution in [3.63, 3.8) is 0 Å². The average molecular weight is 559 g/mol. The molecule has 36 heavy (non-hydrogen) atoms. The van der Waals surface area contributed by atoms with Gasteiger partial charge in [0.15, 0.2) is 5.13 Å². The van der Waals surface area contributed by atoms with Crippen molar-refractivity contribution in [1.82, 2.24) is 9.97 Å². The van der Waals surface area contributed by atoms with Crippen LogP contribution in [-0.2, 0) is 6.42 Å². The summed E-state index contributed by atoms with van der Waals surface area (Å²) >= 11 is 5.00. The Kier molecular flexibility index (Phi) is 6.85. The van der Waals surface area contributed by atoms with Crippen LogP contribution in [0.25, 0.3) is 33.4 Å². The predicted molar refractivity (Wildman–Crippen MR) is 151 cm³/mol. The Labute approximate surface area is 222 Å². The Morgan fingerprint density at radius 3 is 2.39 bits per heavy atom. The lowest BCUT2D eigenvalue weighted by molar-refractivity contribution is 0.102. The maximum Gasteiger partial charge on any atom is 0.258 e. The summed E-state index contributed by atoms with van der Waals surface area (Å²) in [7, 11) is 1.63. The van der Waals surface area contributed by atoms with Gasteiger partial charge in [-0.1, -0.05) is 47.1 Å². The molecule has 5 rings (SSSR count). The Balaban J connectivity index is 1.51. The van der Waals surface area contributed by atoms with Crippen LogP contribution in [0.2, 0.25) is 0 Å². The summed E-state index contributed by atoms with van der Waals surface area (Å²) in [5, 5.41) is 4.36. The minimum Gasteiger partial charge on any atom is -0.497 e. The van der Waals surface area contributed by atoms with Gasteiger partial charge in [0.2, 0.25) is 0 Å². The van der Waals surface area contributed by atoms with Gasteiger partial charge in [0.25, 0.3) is 5.91 Å². The van der Waals surface area contributed by atoms with Gasteiger partial charge in [-0.15, -0.1) is 11.3 Å². The number of aryl methyl sites for hydroxylation is 2. The largest absolute Gasteiger partial charge is 0.497 e. The summed E-state index contributed by atoms with van der Waals surface area (Å²) in [4.78, 5) is 24.2. The Bertz CT molecular complexity index is 1560. The Morgan fingerprint density at radius 2 is 1.69 bits per heavy atom. The van der Waals surface area contributed by atoms with E-state index in [1.807, 2.05) is 55.5 Å². The molecule has 0 bridgehead atoms. The van der Waals surface area contributed by atoms with Gasteiger partial charge in [0.1, 0.15) is 5.75 Å². The van der Waals surface area contributed by atoms with Crippen molar-refractivity contribution >= 4 is 49.2 Å². The number of nitrogens with one attached hydrogen (secondary N) is 1. The number of carbonyl (C=O) groups excluding carboxylic acids is 1. The predicted octanol–water partition coefficient (Wildman–Crippen LogP) is 7.92. The van der Waals surface area contributed by atoms with Gasteiger partial charge >= 0.3 is 0 Å². The van der Waals surface area contributed by atoms with Crippen molar-refractivity contribution in [2.45, 2.75) is 20.3 Å².